The Bertz CT molecular complexity index is 598. The Balaban J connectivity index is 2.28. The van der Waals surface area contributed by atoms with Crippen molar-refractivity contribution in [1.29, 1.82) is 0 Å². The van der Waals surface area contributed by atoms with Crippen molar-refractivity contribution in [2.45, 2.75) is 20.8 Å². The summed E-state index contributed by atoms with van der Waals surface area (Å²) in [4.78, 5) is 16.5. The Morgan fingerprint density at radius 3 is 2.32 bits per heavy atom. The number of hydrogen-bond acceptors (Lipinski definition) is 2. The Morgan fingerprint density at radius 2 is 1.79 bits per heavy atom. The monoisotopic (exact) mass is 366 g/mol. The van der Waals surface area contributed by atoms with Gasteiger partial charge in [-0.1, -0.05) is 17.7 Å². The number of amides is 1. The Hall–Kier alpha value is -1.43. The highest BCUT2D eigenvalue weighted by Gasteiger charge is 2.13. The number of nitrogens with zero attached hydrogens (tertiary/aromatic N) is 1. The molecule has 19 heavy (non-hydrogen) atoms. The van der Waals surface area contributed by atoms with Gasteiger partial charge in [0.25, 0.3) is 5.91 Å². The molecule has 2 aromatic rings. The molecule has 1 aromatic heterocycles. The molecule has 1 aromatic carbocycles. The summed E-state index contributed by atoms with van der Waals surface area (Å²) in [6.45, 7) is 5.94. The smallest absolute Gasteiger partial charge is 0.257 e. The average Bonchev–Trinajstić information content (AvgIpc) is 2.30. The summed E-state index contributed by atoms with van der Waals surface area (Å²) in [5, 5.41) is 2.83. The summed E-state index contributed by atoms with van der Waals surface area (Å²) in [6.07, 6.45) is 1.73. The van der Waals surface area contributed by atoms with Gasteiger partial charge >= 0.3 is 0 Å². The maximum absolute atomic E-state index is 12.3. The molecule has 0 aliphatic rings. The van der Waals surface area contributed by atoms with Crippen molar-refractivity contribution in [2.24, 2.45) is 0 Å². The van der Waals surface area contributed by atoms with Gasteiger partial charge in [-0.25, -0.2) is 4.98 Å². The summed E-state index contributed by atoms with van der Waals surface area (Å²) < 4.78 is 1.04. The van der Waals surface area contributed by atoms with Gasteiger partial charge in [-0.3, -0.25) is 4.79 Å². The summed E-state index contributed by atoms with van der Waals surface area (Å²) in [5.74, 6) is 0.466. The number of benzene rings is 1. The third-order valence-corrected chi connectivity index (χ3v) is 3.51. The van der Waals surface area contributed by atoms with E-state index in [4.69, 9.17) is 0 Å². The van der Waals surface area contributed by atoms with Crippen LogP contribution in [0.1, 0.15) is 27.0 Å². The zero-order chi connectivity index (χ0) is 14.0. The number of hydrogen-bond donors (Lipinski definition) is 1. The van der Waals surface area contributed by atoms with Crippen molar-refractivity contribution in [1.82, 2.24) is 4.98 Å². The van der Waals surface area contributed by atoms with Crippen LogP contribution in [-0.2, 0) is 0 Å². The average molecular weight is 366 g/mol. The standard InChI is InChI=1S/C15H15IN2O/c1-9-6-10(2)14(11(3)7-9)15(19)18-13-5-4-12(16)8-17-13/h4-8H,1-3H3,(H,17,18,19). The molecule has 0 fully saturated rings. The summed E-state index contributed by atoms with van der Waals surface area (Å²) in [5.41, 5.74) is 3.87. The molecule has 0 bridgehead atoms. The van der Waals surface area contributed by atoms with Gasteiger partial charge < -0.3 is 5.32 Å². The fourth-order valence-corrected chi connectivity index (χ4v) is 2.49. The molecule has 0 atom stereocenters. The molecule has 0 saturated carbocycles. The number of rotatable bonds is 2. The second-order valence-electron chi connectivity index (χ2n) is 4.59. The van der Waals surface area contributed by atoms with Gasteiger partial charge in [0.05, 0.1) is 0 Å². The van der Waals surface area contributed by atoms with Crippen molar-refractivity contribution in [3.8, 4) is 0 Å². The van der Waals surface area contributed by atoms with Gasteiger partial charge in [0.1, 0.15) is 5.82 Å². The molecule has 0 spiro atoms. The molecule has 0 saturated heterocycles. The summed E-state index contributed by atoms with van der Waals surface area (Å²) >= 11 is 2.18. The van der Waals surface area contributed by atoms with Gasteiger partial charge in [-0.15, -0.1) is 0 Å². The number of aromatic nitrogens is 1. The third-order valence-electron chi connectivity index (χ3n) is 2.87. The molecular formula is C15H15IN2O. The molecule has 0 aliphatic heterocycles. The third kappa shape index (κ3) is 3.32. The van der Waals surface area contributed by atoms with E-state index in [0.717, 1.165) is 20.3 Å². The molecule has 1 amide bonds. The SMILES string of the molecule is Cc1cc(C)c(C(=O)Nc2ccc(I)cn2)c(C)c1. The van der Waals surface area contributed by atoms with Gasteiger partial charge in [0.2, 0.25) is 0 Å². The molecule has 0 aliphatic carbocycles. The minimum Gasteiger partial charge on any atom is -0.307 e. The maximum Gasteiger partial charge on any atom is 0.257 e. The number of halogens is 1. The largest absolute Gasteiger partial charge is 0.307 e. The van der Waals surface area contributed by atoms with Gasteiger partial charge in [-0.2, -0.15) is 0 Å². The summed E-state index contributed by atoms with van der Waals surface area (Å²) in [7, 11) is 0. The molecule has 98 valence electrons. The van der Waals surface area contributed by atoms with Gasteiger partial charge in [0, 0.05) is 15.3 Å². The van der Waals surface area contributed by atoms with E-state index in [1.54, 1.807) is 12.3 Å². The molecular weight excluding hydrogens is 351 g/mol. The first-order valence-electron chi connectivity index (χ1n) is 5.98. The molecule has 4 heteroatoms. The molecule has 3 nitrogen and oxygen atoms in total. The molecule has 1 heterocycles. The lowest BCUT2D eigenvalue weighted by molar-refractivity contribution is 0.102. The lowest BCUT2D eigenvalue weighted by Crippen LogP contribution is -2.16. The lowest BCUT2D eigenvalue weighted by atomic mass is 9.99. The number of carbonyl (C=O) groups excluding carboxylic acids is 1. The van der Waals surface area contributed by atoms with Crippen LogP contribution in [-0.4, -0.2) is 10.9 Å². The van der Waals surface area contributed by atoms with Crippen molar-refractivity contribution in [3.63, 3.8) is 0 Å². The Morgan fingerprint density at radius 1 is 1.16 bits per heavy atom. The second kappa shape index (κ2) is 5.69. The van der Waals surface area contributed by atoms with Crippen LogP contribution in [0.3, 0.4) is 0 Å². The minimum absolute atomic E-state index is 0.108. The molecule has 0 unspecified atom stereocenters. The maximum atomic E-state index is 12.3. The highest BCUT2D eigenvalue weighted by molar-refractivity contribution is 14.1. The fourth-order valence-electron chi connectivity index (χ4n) is 2.17. The van der Waals surface area contributed by atoms with Crippen LogP contribution in [0.25, 0.3) is 0 Å². The van der Waals surface area contributed by atoms with E-state index in [1.807, 2.05) is 39.0 Å². The zero-order valence-corrected chi connectivity index (χ0v) is 13.3. The Labute approximate surface area is 126 Å². The van der Waals surface area contributed by atoms with Crippen molar-refractivity contribution < 1.29 is 4.79 Å². The highest BCUT2D eigenvalue weighted by Crippen LogP contribution is 2.18. The Kier molecular flexibility index (Phi) is 4.19. The van der Waals surface area contributed by atoms with Crippen molar-refractivity contribution in [2.75, 3.05) is 5.32 Å². The minimum atomic E-state index is -0.108. The first kappa shape index (κ1) is 14.0. The van der Waals surface area contributed by atoms with E-state index in [2.05, 4.69) is 32.9 Å². The van der Waals surface area contributed by atoms with E-state index in [9.17, 15) is 4.79 Å². The van der Waals surface area contributed by atoms with Crippen LogP contribution < -0.4 is 5.32 Å². The predicted octanol–water partition coefficient (Wildman–Crippen LogP) is 3.86. The fraction of sp³-hybridized carbons (Fsp3) is 0.200. The number of nitrogens with one attached hydrogen (secondary N) is 1. The van der Waals surface area contributed by atoms with Crippen LogP contribution in [0.4, 0.5) is 5.82 Å². The van der Waals surface area contributed by atoms with E-state index >= 15 is 0 Å². The van der Waals surface area contributed by atoms with Crippen LogP contribution in [0.15, 0.2) is 30.5 Å². The van der Waals surface area contributed by atoms with Crippen molar-refractivity contribution >= 4 is 34.3 Å². The highest BCUT2D eigenvalue weighted by atomic mass is 127. The normalized spacial score (nSPS) is 10.3. The number of aryl methyl sites for hydroxylation is 3. The van der Waals surface area contributed by atoms with Gasteiger partial charge in [0.15, 0.2) is 0 Å². The van der Waals surface area contributed by atoms with Crippen LogP contribution in [0.2, 0.25) is 0 Å². The summed E-state index contributed by atoms with van der Waals surface area (Å²) in [6, 6.07) is 7.75. The molecule has 0 radical (unpaired) electrons. The van der Waals surface area contributed by atoms with E-state index < -0.39 is 0 Å². The van der Waals surface area contributed by atoms with Crippen LogP contribution in [0.5, 0.6) is 0 Å². The quantitative estimate of drug-likeness (QED) is 0.821. The lowest BCUT2D eigenvalue weighted by Gasteiger charge is -2.11. The topological polar surface area (TPSA) is 42.0 Å². The number of pyridine rings is 1. The van der Waals surface area contributed by atoms with E-state index in [1.165, 1.54) is 5.56 Å². The predicted molar refractivity (Wildman–Crippen MR) is 85.6 cm³/mol. The van der Waals surface area contributed by atoms with Gasteiger partial charge in [-0.05, 0) is 66.6 Å². The number of anilines is 1. The van der Waals surface area contributed by atoms with Crippen molar-refractivity contribution in [3.05, 3.63) is 56.3 Å². The first-order valence-corrected chi connectivity index (χ1v) is 7.06. The molecule has 2 rings (SSSR count). The first-order chi connectivity index (χ1) is 8.97. The van der Waals surface area contributed by atoms with E-state index in [-0.39, 0.29) is 5.91 Å². The van der Waals surface area contributed by atoms with Crippen LogP contribution >= 0.6 is 22.6 Å². The van der Waals surface area contributed by atoms with E-state index in [0.29, 0.717) is 5.82 Å². The number of carbonyl (C=O) groups is 1. The molecule has 1 N–H and O–H groups in total. The second-order valence-corrected chi connectivity index (χ2v) is 5.84. The van der Waals surface area contributed by atoms with Crippen LogP contribution in [0, 0.1) is 24.3 Å². The zero-order valence-electron chi connectivity index (χ0n) is 11.1.